The van der Waals surface area contributed by atoms with Crippen molar-refractivity contribution < 1.29 is 19.0 Å². The molecular weight excluding hydrogens is 316 g/mol. The van der Waals surface area contributed by atoms with E-state index in [0.29, 0.717) is 29.5 Å². The van der Waals surface area contributed by atoms with Gasteiger partial charge in [-0.2, -0.15) is 11.3 Å². The number of amides is 2. The zero-order valence-corrected chi connectivity index (χ0v) is 14.2. The van der Waals surface area contributed by atoms with Gasteiger partial charge in [0.1, 0.15) is 0 Å². The largest absolute Gasteiger partial charge is 0.493 e. The molecule has 0 spiro atoms. The van der Waals surface area contributed by atoms with Gasteiger partial charge in [0, 0.05) is 18.7 Å². The minimum Gasteiger partial charge on any atom is -0.493 e. The van der Waals surface area contributed by atoms with Crippen LogP contribution in [0.25, 0.3) is 0 Å². The van der Waals surface area contributed by atoms with E-state index >= 15 is 0 Å². The third-order valence-electron chi connectivity index (χ3n) is 3.20. The van der Waals surface area contributed by atoms with Gasteiger partial charge in [0.15, 0.2) is 11.5 Å². The van der Waals surface area contributed by atoms with Crippen molar-refractivity contribution in [2.45, 2.75) is 6.42 Å². The fourth-order valence-corrected chi connectivity index (χ4v) is 2.79. The molecule has 2 rings (SSSR count). The summed E-state index contributed by atoms with van der Waals surface area (Å²) in [4.78, 5) is 12.0. The lowest BCUT2D eigenvalue weighted by Gasteiger charge is -2.14. The van der Waals surface area contributed by atoms with Gasteiger partial charge in [-0.3, -0.25) is 0 Å². The van der Waals surface area contributed by atoms with Gasteiger partial charge >= 0.3 is 6.03 Å². The average molecular weight is 336 g/mol. The predicted octanol–water partition coefficient (Wildman–Crippen LogP) is 3.14. The van der Waals surface area contributed by atoms with Crippen molar-refractivity contribution >= 4 is 23.1 Å². The number of methoxy groups -OCH3 is 3. The van der Waals surface area contributed by atoms with Gasteiger partial charge in [-0.25, -0.2) is 4.79 Å². The Morgan fingerprint density at radius 1 is 1.13 bits per heavy atom. The van der Waals surface area contributed by atoms with Crippen molar-refractivity contribution in [3.8, 4) is 17.2 Å². The molecule has 1 heterocycles. The average Bonchev–Trinajstić information content (AvgIpc) is 3.07. The second kappa shape index (κ2) is 8.28. The van der Waals surface area contributed by atoms with Crippen LogP contribution < -0.4 is 24.8 Å². The van der Waals surface area contributed by atoms with Crippen molar-refractivity contribution in [1.29, 1.82) is 0 Å². The lowest BCUT2D eigenvalue weighted by Crippen LogP contribution is -2.30. The van der Waals surface area contributed by atoms with Gasteiger partial charge in [0.05, 0.1) is 27.0 Å². The van der Waals surface area contributed by atoms with E-state index in [4.69, 9.17) is 14.2 Å². The van der Waals surface area contributed by atoms with Gasteiger partial charge in [-0.1, -0.05) is 0 Å². The van der Waals surface area contributed by atoms with Gasteiger partial charge < -0.3 is 24.8 Å². The molecule has 0 bridgehead atoms. The molecule has 0 radical (unpaired) electrons. The van der Waals surface area contributed by atoms with E-state index in [0.717, 1.165) is 6.42 Å². The molecule has 0 aliphatic rings. The zero-order valence-electron chi connectivity index (χ0n) is 13.3. The fourth-order valence-electron chi connectivity index (χ4n) is 2.08. The van der Waals surface area contributed by atoms with Crippen LogP contribution in [0.5, 0.6) is 17.2 Å². The second-order valence-electron chi connectivity index (χ2n) is 4.68. The lowest BCUT2D eigenvalue weighted by atomic mass is 10.2. The molecule has 0 aliphatic carbocycles. The smallest absolute Gasteiger partial charge is 0.319 e. The Bertz CT molecular complexity index is 619. The molecule has 1 aromatic heterocycles. The Morgan fingerprint density at radius 2 is 1.83 bits per heavy atom. The van der Waals surface area contributed by atoms with Gasteiger partial charge in [-0.05, 0) is 28.8 Å². The highest BCUT2D eigenvalue weighted by Crippen LogP contribution is 2.39. The normalized spacial score (nSPS) is 10.0. The summed E-state index contributed by atoms with van der Waals surface area (Å²) in [6.07, 6.45) is 0.798. The molecule has 2 aromatic rings. The maximum absolute atomic E-state index is 12.0. The molecule has 0 unspecified atom stereocenters. The molecule has 0 atom stereocenters. The first kappa shape index (κ1) is 17.0. The third kappa shape index (κ3) is 4.53. The van der Waals surface area contributed by atoms with Crippen molar-refractivity contribution in [1.82, 2.24) is 5.32 Å². The molecule has 7 heteroatoms. The Balaban J connectivity index is 1.97. The second-order valence-corrected chi connectivity index (χ2v) is 5.46. The molecule has 0 fully saturated rings. The van der Waals surface area contributed by atoms with Crippen LogP contribution in [0.1, 0.15) is 5.56 Å². The quantitative estimate of drug-likeness (QED) is 0.815. The molecule has 2 amide bonds. The molecule has 0 saturated carbocycles. The van der Waals surface area contributed by atoms with Crippen LogP contribution in [-0.4, -0.2) is 33.9 Å². The Kier molecular flexibility index (Phi) is 6.10. The topological polar surface area (TPSA) is 68.8 Å². The molecule has 2 N–H and O–H groups in total. The number of rotatable bonds is 7. The number of benzene rings is 1. The van der Waals surface area contributed by atoms with Crippen LogP contribution in [0.4, 0.5) is 10.5 Å². The maximum atomic E-state index is 12.0. The summed E-state index contributed by atoms with van der Waals surface area (Å²) in [5.74, 6) is 1.46. The van der Waals surface area contributed by atoms with E-state index in [1.54, 1.807) is 23.5 Å². The molecule has 124 valence electrons. The number of thiophene rings is 1. The number of nitrogens with one attached hydrogen (secondary N) is 2. The van der Waals surface area contributed by atoms with Crippen molar-refractivity contribution in [2.24, 2.45) is 0 Å². The number of hydrogen-bond acceptors (Lipinski definition) is 5. The van der Waals surface area contributed by atoms with E-state index in [1.807, 2.05) is 11.4 Å². The summed E-state index contributed by atoms with van der Waals surface area (Å²) in [5.41, 5.74) is 1.77. The van der Waals surface area contributed by atoms with Crippen LogP contribution in [-0.2, 0) is 6.42 Å². The van der Waals surface area contributed by atoms with E-state index < -0.39 is 0 Å². The summed E-state index contributed by atoms with van der Waals surface area (Å²) >= 11 is 1.64. The van der Waals surface area contributed by atoms with E-state index in [2.05, 4.69) is 16.0 Å². The summed E-state index contributed by atoms with van der Waals surface area (Å²) in [6.45, 7) is 0.562. The number of carbonyl (C=O) groups excluding carboxylic acids is 1. The Labute approximate surface area is 139 Å². The minimum atomic E-state index is -0.283. The van der Waals surface area contributed by atoms with Gasteiger partial charge in [0.2, 0.25) is 5.75 Å². The molecular formula is C16H20N2O4S. The molecule has 0 aliphatic heterocycles. The van der Waals surface area contributed by atoms with Crippen LogP contribution in [0.2, 0.25) is 0 Å². The molecule has 23 heavy (non-hydrogen) atoms. The Hall–Kier alpha value is -2.41. The van der Waals surface area contributed by atoms with Crippen LogP contribution in [0.15, 0.2) is 29.0 Å². The molecule has 1 aromatic carbocycles. The highest BCUT2D eigenvalue weighted by Gasteiger charge is 2.14. The lowest BCUT2D eigenvalue weighted by molar-refractivity contribution is 0.252. The van der Waals surface area contributed by atoms with Crippen molar-refractivity contribution in [3.05, 3.63) is 34.5 Å². The van der Waals surface area contributed by atoms with Crippen molar-refractivity contribution in [2.75, 3.05) is 33.2 Å². The van der Waals surface area contributed by atoms with Crippen LogP contribution >= 0.6 is 11.3 Å². The van der Waals surface area contributed by atoms with Crippen molar-refractivity contribution in [3.63, 3.8) is 0 Å². The first-order valence-corrected chi connectivity index (χ1v) is 7.98. The number of hydrogen-bond donors (Lipinski definition) is 2. The van der Waals surface area contributed by atoms with E-state index in [-0.39, 0.29) is 6.03 Å². The summed E-state index contributed by atoms with van der Waals surface area (Å²) in [5, 5.41) is 9.66. The van der Waals surface area contributed by atoms with Crippen LogP contribution in [0.3, 0.4) is 0 Å². The Morgan fingerprint density at radius 3 is 2.35 bits per heavy atom. The van der Waals surface area contributed by atoms with E-state index in [9.17, 15) is 4.79 Å². The highest BCUT2D eigenvalue weighted by molar-refractivity contribution is 7.07. The first-order valence-electron chi connectivity index (χ1n) is 7.04. The number of carbonyl (C=O) groups is 1. The molecule has 0 saturated heterocycles. The third-order valence-corrected chi connectivity index (χ3v) is 3.93. The summed E-state index contributed by atoms with van der Waals surface area (Å²) in [7, 11) is 4.59. The first-order chi connectivity index (χ1) is 11.2. The maximum Gasteiger partial charge on any atom is 0.319 e. The monoisotopic (exact) mass is 336 g/mol. The fraction of sp³-hybridized carbons (Fsp3) is 0.312. The minimum absolute atomic E-state index is 0.283. The predicted molar refractivity (Wildman–Crippen MR) is 91.1 cm³/mol. The molecule has 6 nitrogen and oxygen atoms in total. The highest BCUT2D eigenvalue weighted by atomic mass is 32.1. The summed E-state index contributed by atoms with van der Waals surface area (Å²) < 4.78 is 15.8. The van der Waals surface area contributed by atoms with Gasteiger partial charge in [-0.15, -0.1) is 0 Å². The number of urea groups is 1. The number of anilines is 1. The SMILES string of the molecule is COc1cc(NC(=O)NCCc2ccsc2)cc(OC)c1OC. The number of ether oxygens (including phenoxy) is 3. The summed E-state index contributed by atoms with van der Waals surface area (Å²) in [6, 6.07) is 5.12. The van der Waals surface area contributed by atoms with Crippen LogP contribution in [0, 0.1) is 0 Å². The zero-order chi connectivity index (χ0) is 16.7. The standard InChI is InChI=1S/C16H20N2O4S/c1-20-13-8-12(9-14(21-2)15(13)22-3)18-16(19)17-6-4-11-5-7-23-10-11/h5,7-10H,4,6H2,1-3H3,(H2,17,18,19). The van der Waals surface area contributed by atoms with E-state index in [1.165, 1.54) is 26.9 Å². The van der Waals surface area contributed by atoms with Gasteiger partial charge in [0.25, 0.3) is 0 Å².